The van der Waals surface area contributed by atoms with Crippen LogP contribution in [0.4, 0.5) is 11.4 Å². The molecule has 0 unspecified atom stereocenters. The minimum absolute atomic E-state index is 0.0197. The molecule has 2 N–H and O–H groups in total. The van der Waals surface area contributed by atoms with Crippen LogP contribution < -0.4 is 19.5 Å². The molecule has 0 spiro atoms. The van der Waals surface area contributed by atoms with E-state index in [1.807, 2.05) is 18.2 Å². The van der Waals surface area contributed by atoms with E-state index in [4.69, 9.17) is 21.1 Å². The summed E-state index contributed by atoms with van der Waals surface area (Å²) in [5.41, 5.74) is 3.22. The Hall–Kier alpha value is -2.68. The molecule has 3 aromatic carbocycles. The summed E-state index contributed by atoms with van der Waals surface area (Å²) in [4.78, 5) is 0.178. The first kappa shape index (κ1) is 24.0. The first-order valence-electron chi connectivity index (χ1n) is 11.1. The molecule has 0 saturated heterocycles. The molecule has 0 amide bonds. The Morgan fingerprint density at radius 3 is 2.54 bits per heavy atom. The normalized spacial score (nSPS) is 20.5. The van der Waals surface area contributed by atoms with Crippen LogP contribution in [-0.2, 0) is 10.0 Å². The van der Waals surface area contributed by atoms with E-state index in [1.54, 1.807) is 31.4 Å². The summed E-state index contributed by atoms with van der Waals surface area (Å²) in [6.07, 6.45) is 5.22. The molecule has 3 aromatic rings. The fourth-order valence-corrected chi connectivity index (χ4v) is 6.61. The number of hydrogen-bond donors (Lipinski definition) is 2. The molecule has 0 bridgehead atoms. The van der Waals surface area contributed by atoms with Crippen molar-refractivity contribution >= 4 is 48.9 Å². The molecule has 35 heavy (non-hydrogen) atoms. The summed E-state index contributed by atoms with van der Waals surface area (Å²) < 4.78 is 41.1. The van der Waals surface area contributed by atoms with Crippen molar-refractivity contribution in [3.63, 3.8) is 0 Å². The predicted octanol–water partition coefficient (Wildman–Crippen LogP) is 6.75. The number of methoxy groups -OCH3 is 2. The number of fused-ring (bicyclic) bond motifs is 3. The zero-order chi connectivity index (χ0) is 24.7. The van der Waals surface area contributed by atoms with E-state index in [1.165, 1.54) is 13.2 Å². The second kappa shape index (κ2) is 9.41. The number of nitrogens with one attached hydrogen (secondary N) is 2. The highest BCUT2D eigenvalue weighted by Crippen LogP contribution is 2.51. The summed E-state index contributed by atoms with van der Waals surface area (Å²) in [7, 11) is -0.719. The van der Waals surface area contributed by atoms with Crippen molar-refractivity contribution in [1.82, 2.24) is 0 Å². The molecule has 0 saturated carbocycles. The van der Waals surface area contributed by atoms with Gasteiger partial charge in [0.2, 0.25) is 0 Å². The van der Waals surface area contributed by atoms with Gasteiger partial charge in [0.05, 0.1) is 30.8 Å². The molecule has 1 aliphatic heterocycles. The molecule has 5 rings (SSSR count). The van der Waals surface area contributed by atoms with Gasteiger partial charge in [0.1, 0.15) is 11.5 Å². The average molecular weight is 576 g/mol. The van der Waals surface area contributed by atoms with Gasteiger partial charge in [0.15, 0.2) is 0 Å². The lowest BCUT2D eigenvalue weighted by Gasteiger charge is -2.38. The average Bonchev–Trinajstić information content (AvgIpc) is 3.33. The number of anilines is 2. The Morgan fingerprint density at radius 1 is 1.00 bits per heavy atom. The van der Waals surface area contributed by atoms with Crippen LogP contribution in [0, 0.1) is 5.92 Å². The van der Waals surface area contributed by atoms with Crippen molar-refractivity contribution in [2.45, 2.75) is 23.3 Å². The molecular formula is C26H24BrClN2O4S. The maximum absolute atomic E-state index is 13.3. The van der Waals surface area contributed by atoms with E-state index < -0.39 is 10.0 Å². The Balaban J connectivity index is 1.51. The Morgan fingerprint density at radius 2 is 1.77 bits per heavy atom. The van der Waals surface area contributed by atoms with Crippen LogP contribution in [0.15, 0.2) is 76.1 Å². The summed E-state index contributed by atoms with van der Waals surface area (Å²) in [6, 6.07) is 16.0. The quantitative estimate of drug-likeness (QED) is 0.318. The third-order valence-electron chi connectivity index (χ3n) is 6.58. The summed E-state index contributed by atoms with van der Waals surface area (Å²) >= 11 is 9.66. The van der Waals surface area contributed by atoms with Gasteiger partial charge in [-0.3, -0.25) is 4.72 Å². The number of ether oxygens (including phenoxy) is 2. The van der Waals surface area contributed by atoms with Gasteiger partial charge in [0.25, 0.3) is 10.0 Å². The molecule has 182 valence electrons. The van der Waals surface area contributed by atoms with Crippen molar-refractivity contribution < 1.29 is 17.9 Å². The minimum atomic E-state index is -3.87. The van der Waals surface area contributed by atoms with E-state index in [-0.39, 0.29) is 28.5 Å². The summed E-state index contributed by atoms with van der Waals surface area (Å²) in [6.45, 7) is 0. The van der Waals surface area contributed by atoms with Crippen LogP contribution in [0.1, 0.15) is 29.5 Å². The summed E-state index contributed by atoms with van der Waals surface area (Å²) in [5, 5.41) is 4.06. The van der Waals surface area contributed by atoms with Gasteiger partial charge in [-0.1, -0.05) is 39.7 Å². The molecule has 0 aromatic heterocycles. The highest BCUT2D eigenvalue weighted by molar-refractivity contribution is 9.10. The molecular weight excluding hydrogens is 552 g/mol. The van der Waals surface area contributed by atoms with Crippen molar-refractivity contribution in [2.24, 2.45) is 5.92 Å². The topological polar surface area (TPSA) is 76.7 Å². The van der Waals surface area contributed by atoms with Crippen molar-refractivity contribution in [3.05, 3.63) is 87.4 Å². The van der Waals surface area contributed by atoms with Crippen LogP contribution in [-0.4, -0.2) is 22.6 Å². The monoisotopic (exact) mass is 574 g/mol. The molecule has 1 heterocycles. The van der Waals surface area contributed by atoms with E-state index in [0.717, 1.165) is 33.5 Å². The lowest BCUT2D eigenvalue weighted by atomic mass is 9.77. The van der Waals surface area contributed by atoms with Crippen molar-refractivity contribution in [2.75, 3.05) is 24.3 Å². The van der Waals surface area contributed by atoms with Gasteiger partial charge in [0, 0.05) is 26.7 Å². The summed E-state index contributed by atoms with van der Waals surface area (Å²) in [5.74, 6) is 1.52. The fourth-order valence-electron chi connectivity index (χ4n) is 4.96. The van der Waals surface area contributed by atoms with Crippen LogP contribution in [0.5, 0.6) is 11.5 Å². The van der Waals surface area contributed by atoms with Crippen molar-refractivity contribution in [1.29, 1.82) is 0 Å². The first-order valence-corrected chi connectivity index (χ1v) is 13.7. The molecule has 1 aliphatic carbocycles. The molecule has 0 fully saturated rings. The third-order valence-corrected chi connectivity index (χ3v) is 8.67. The van der Waals surface area contributed by atoms with E-state index in [9.17, 15) is 8.42 Å². The lowest BCUT2D eigenvalue weighted by molar-refractivity contribution is 0.381. The SMILES string of the molecule is COc1ccc(Cl)cc1NS(=O)(=O)c1ccc2c(c1)[C@H]1C=CC[C@H]1[C@@H](c1cc(Br)ccc1OC)N2. The molecule has 2 aliphatic rings. The second-order valence-corrected chi connectivity index (χ2v) is 11.6. The van der Waals surface area contributed by atoms with Gasteiger partial charge in [-0.2, -0.15) is 0 Å². The molecule has 0 radical (unpaired) electrons. The maximum Gasteiger partial charge on any atom is 0.262 e. The molecule has 6 nitrogen and oxygen atoms in total. The number of allylic oxidation sites excluding steroid dienone is 2. The van der Waals surface area contributed by atoms with E-state index in [2.05, 4.69) is 44.2 Å². The van der Waals surface area contributed by atoms with E-state index in [0.29, 0.717) is 10.8 Å². The van der Waals surface area contributed by atoms with Gasteiger partial charge < -0.3 is 14.8 Å². The Labute approximate surface area is 218 Å². The van der Waals surface area contributed by atoms with Crippen LogP contribution in [0.25, 0.3) is 0 Å². The molecule has 9 heteroatoms. The largest absolute Gasteiger partial charge is 0.496 e. The standard InChI is InChI=1S/C26H24BrClN2O4S/c1-33-24-10-6-15(27)12-21(24)26-19-5-3-4-18(19)20-14-17(8-9-22(20)29-26)35(31,32)30-23-13-16(28)7-11-25(23)34-2/h3-4,6-14,18-19,26,29-30H,5H2,1-2H3/t18-,19+,26-/m0/s1. The maximum atomic E-state index is 13.3. The van der Waals surface area contributed by atoms with Gasteiger partial charge in [-0.15, -0.1) is 0 Å². The van der Waals surface area contributed by atoms with Crippen LogP contribution in [0.2, 0.25) is 5.02 Å². The van der Waals surface area contributed by atoms with Gasteiger partial charge in [-0.25, -0.2) is 8.42 Å². The highest BCUT2D eigenvalue weighted by Gasteiger charge is 2.39. The fraction of sp³-hybridized carbons (Fsp3) is 0.231. The highest BCUT2D eigenvalue weighted by atomic mass is 79.9. The Bertz CT molecular complexity index is 1430. The third kappa shape index (κ3) is 4.50. The number of benzene rings is 3. The number of hydrogen-bond acceptors (Lipinski definition) is 5. The Kier molecular flexibility index (Phi) is 6.46. The van der Waals surface area contributed by atoms with Crippen LogP contribution >= 0.6 is 27.5 Å². The van der Waals surface area contributed by atoms with Crippen molar-refractivity contribution in [3.8, 4) is 11.5 Å². The number of rotatable bonds is 6. The van der Waals surface area contributed by atoms with Crippen LogP contribution in [0.3, 0.4) is 0 Å². The first-order chi connectivity index (χ1) is 16.8. The molecule has 3 atom stereocenters. The predicted molar refractivity (Wildman–Crippen MR) is 142 cm³/mol. The van der Waals surface area contributed by atoms with Gasteiger partial charge >= 0.3 is 0 Å². The second-order valence-electron chi connectivity index (χ2n) is 8.56. The van der Waals surface area contributed by atoms with E-state index >= 15 is 0 Å². The number of halogens is 2. The minimum Gasteiger partial charge on any atom is -0.496 e. The number of sulfonamides is 1. The zero-order valence-electron chi connectivity index (χ0n) is 19.1. The van der Waals surface area contributed by atoms with Gasteiger partial charge in [-0.05, 0) is 72.5 Å². The lowest BCUT2D eigenvalue weighted by Crippen LogP contribution is -2.29. The zero-order valence-corrected chi connectivity index (χ0v) is 22.2. The smallest absolute Gasteiger partial charge is 0.262 e.